The van der Waals surface area contributed by atoms with Gasteiger partial charge in [-0.2, -0.15) is 5.10 Å². The molecule has 0 saturated heterocycles. The highest BCUT2D eigenvalue weighted by Crippen LogP contribution is 2.29. The molecule has 0 unspecified atom stereocenters. The summed E-state index contributed by atoms with van der Waals surface area (Å²) in [5.41, 5.74) is 5.52. The molecule has 1 amide bonds. The van der Waals surface area contributed by atoms with Crippen molar-refractivity contribution >= 4 is 17.5 Å². The van der Waals surface area contributed by atoms with E-state index in [-0.39, 0.29) is 11.3 Å². The van der Waals surface area contributed by atoms with Crippen molar-refractivity contribution in [3.8, 4) is 17.0 Å². The maximum atomic E-state index is 12.8. The van der Waals surface area contributed by atoms with Crippen LogP contribution in [0.2, 0.25) is 5.02 Å². The lowest BCUT2D eigenvalue weighted by atomic mass is 9.87. The first-order valence-electron chi connectivity index (χ1n) is 11.1. The number of hydrogen-bond donors (Lipinski definition) is 1. The number of halogens is 1. The number of carbonyl (C=O) groups excluding carboxylic acids is 1. The van der Waals surface area contributed by atoms with Gasteiger partial charge in [-0.05, 0) is 41.7 Å². The van der Waals surface area contributed by atoms with Gasteiger partial charge in [-0.3, -0.25) is 9.89 Å². The number of fused-ring (bicyclic) bond motifs is 1. The second-order valence-corrected chi connectivity index (χ2v) is 9.76. The summed E-state index contributed by atoms with van der Waals surface area (Å²) < 4.78 is 5.85. The third-order valence-electron chi connectivity index (χ3n) is 5.93. The average Bonchev–Trinajstić information content (AvgIpc) is 3.20. The van der Waals surface area contributed by atoms with Gasteiger partial charge in [0.2, 0.25) is 5.91 Å². The molecule has 2 heterocycles. The van der Waals surface area contributed by atoms with Crippen LogP contribution < -0.4 is 4.74 Å². The standard InChI is InChI=1S/C26H30ClN3O2/c1-26(2,3)19-8-12-21(13-9-19)32-16-4-5-24(31)30-15-14-23-22(17-30)25(29-28-23)18-6-10-20(27)11-7-18/h6-13H,4-5,14-17H2,1-3H3,(H,28,29). The molecule has 6 heteroatoms. The van der Waals surface area contributed by atoms with Crippen molar-refractivity contribution in [3.63, 3.8) is 0 Å². The SMILES string of the molecule is CC(C)(C)c1ccc(OCCCC(=O)N2CCc3[nH]nc(-c4ccc(Cl)cc4)c3C2)cc1. The molecule has 0 spiro atoms. The average molecular weight is 452 g/mol. The minimum absolute atomic E-state index is 0.127. The number of rotatable bonds is 6. The second-order valence-electron chi connectivity index (χ2n) is 9.33. The van der Waals surface area contributed by atoms with Crippen molar-refractivity contribution in [3.05, 3.63) is 70.4 Å². The number of amides is 1. The van der Waals surface area contributed by atoms with Gasteiger partial charge in [0.15, 0.2) is 0 Å². The number of benzene rings is 2. The van der Waals surface area contributed by atoms with Crippen LogP contribution in [0, 0.1) is 0 Å². The number of aromatic amines is 1. The Morgan fingerprint density at radius 1 is 1.12 bits per heavy atom. The van der Waals surface area contributed by atoms with Crippen LogP contribution in [0.5, 0.6) is 5.75 Å². The highest BCUT2D eigenvalue weighted by Gasteiger charge is 2.25. The zero-order valence-corrected chi connectivity index (χ0v) is 19.7. The Hall–Kier alpha value is -2.79. The van der Waals surface area contributed by atoms with Gasteiger partial charge < -0.3 is 9.64 Å². The van der Waals surface area contributed by atoms with E-state index in [1.165, 1.54) is 5.56 Å². The van der Waals surface area contributed by atoms with Crippen LogP contribution in [0.1, 0.15) is 50.4 Å². The van der Waals surface area contributed by atoms with Crippen molar-refractivity contribution < 1.29 is 9.53 Å². The number of aromatic nitrogens is 2. The Balaban J connectivity index is 1.29. The molecular formula is C26H30ClN3O2. The van der Waals surface area contributed by atoms with Crippen LogP contribution in [-0.4, -0.2) is 34.2 Å². The van der Waals surface area contributed by atoms with E-state index in [1.807, 2.05) is 41.3 Å². The van der Waals surface area contributed by atoms with Crippen LogP contribution in [0.15, 0.2) is 48.5 Å². The molecule has 1 aliphatic heterocycles. The Kier molecular flexibility index (Phi) is 6.56. The summed E-state index contributed by atoms with van der Waals surface area (Å²) in [4.78, 5) is 14.7. The summed E-state index contributed by atoms with van der Waals surface area (Å²) in [5.74, 6) is 1.00. The summed E-state index contributed by atoms with van der Waals surface area (Å²) in [6.07, 6.45) is 1.96. The van der Waals surface area contributed by atoms with Crippen LogP contribution in [-0.2, 0) is 23.2 Å². The summed E-state index contributed by atoms with van der Waals surface area (Å²) in [7, 11) is 0. The monoisotopic (exact) mass is 451 g/mol. The fourth-order valence-corrected chi connectivity index (χ4v) is 4.10. The van der Waals surface area contributed by atoms with Gasteiger partial charge in [0.1, 0.15) is 5.75 Å². The third kappa shape index (κ3) is 5.16. The quantitative estimate of drug-likeness (QED) is 0.484. The van der Waals surface area contributed by atoms with Crippen LogP contribution >= 0.6 is 11.6 Å². The van der Waals surface area contributed by atoms with Crippen molar-refractivity contribution in [2.75, 3.05) is 13.2 Å². The maximum absolute atomic E-state index is 12.8. The zero-order valence-electron chi connectivity index (χ0n) is 19.0. The molecule has 0 fully saturated rings. The fraction of sp³-hybridized carbons (Fsp3) is 0.385. The Bertz CT molecular complexity index is 1070. The van der Waals surface area contributed by atoms with E-state index in [1.54, 1.807) is 0 Å². The maximum Gasteiger partial charge on any atom is 0.223 e. The molecule has 3 aromatic rings. The minimum Gasteiger partial charge on any atom is -0.494 e. The second kappa shape index (κ2) is 9.37. The van der Waals surface area contributed by atoms with Crippen molar-refractivity contribution in [2.24, 2.45) is 0 Å². The lowest BCUT2D eigenvalue weighted by molar-refractivity contribution is -0.132. The summed E-state index contributed by atoms with van der Waals surface area (Å²) in [6, 6.07) is 15.9. The number of nitrogens with one attached hydrogen (secondary N) is 1. The van der Waals surface area contributed by atoms with Crippen LogP contribution in [0.3, 0.4) is 0 Å². The number of nitrogens with zero attached hydrogens (tertiary/aromatic N) is 2. The molecule has 4 rings (SSSR count). The van der Waals surface area contributed by atoms with E-state index in [4.69, 9.17) is 16.3 Å². The van der Waals surface area contributed by atoms with Gasteiger partial charge >= 0.3 is 0 Å². The molecule has 1 N–H and O–H groups in total. The molecule has 0 saturated carbocycles. The number of H-pyrrole nitrogens is 1. The fourth-order valence-electron chi connectivity index (χ4n) is 3.98. The van der Waals surface area contributed by atoms with E-state index < -0.39 is 0 Å². The number of carbonyl (C=O) groups is 1. The summed E-state index contributed by atoms with van der Waals surface area (Å²) >= 11 is 6.01. The van der Waals surface area contributed by atoms with Crippen molar-refractivity contribution in [2.45, 2.75) is 52.0 Å². The van der Waals surface area contributed by atoms with E-state index in [0.29, 0.717) is 37.6 Å². The topological polar surface area (TPSA) is 58.2 Å². The van der Waals surface area contributed by atoms with Gasteiger partial charge in [0, 0.05) is 47.8 Å². The lowest BCUT2D eigenvalue weighted by Gasteiger charge is -2.27. The molecule has 168 valence electrons. The molecule has 5 nitrogen and oxygen atoms in total. The van der Waals surface area contributed by atoms with Gasteiger partial charge in [0.05, 0.1) is 12.3 Å². The van der Waals surface area contributed by atoms with Crippen molar-refractivity contribution in [1.29, 1.82) is 0 Å². The van der Waals surface area contributed by atoms with Crippen LogP contribution in [0.4, 0.5) is 0 Å². The molecule has 1 aromatic heterocycles. The molecule has 2 aromatic carbocycles. The van der Waals surface area contributed by atoms with Gasteiger partial charge in [-0.1, -0.05) is 56.6 Å². The predicted octanol–water partition coefficient (Wildman–Crippen LogP) is 5.77. The molecule has 32 heavy (non-hydrogen) atoms. The van der Waals surface area contributed by atoms with E-state index in [9.17, 15) is 4.79 Å². The molecule has 0 aliphatic carbocycles. The van der Waals surface area contributed by atoms with E-state index >= 15 is 0 Å². The van der Waals surface area contributed by atoms with Crippen molar-refractivity contribution in [1.82, 2.24) is 15.1 Å². The summed E-state index contributed by atoms with van der Waals surface area (Å²) in [5, 5.41) is 8.33. The minimum atomic E-state index is 0.127. The molecule has 0 bridgehead atoms. The first kappa shape index (κ1) is 22.4. The molecule has 0 radical (unpaired) electrons. The number of ether oxygens (including phenoxy) is 1. The zero-order chi connectivity index (χ0) is 22.7. The normalized spacial score (nSPS) is 13.7. The first-order valence-corrected chi connectivity index (χ1v) is 11.5. The van der Waals surface area contributed by atoms with Gasteiger partial charge in [-0.25, -0.2) is 0 Å². The Morgan fingerprint density at radius 3 is 2.53 bits per heavy atom. The molecule has 1 aliphatic rings. The van der Waals surface area contributed by atoms with Gasteiger partial charge in [-0.15, -0.1) is 0 Å². The predicted molar refractivity (Wildman–Crippen MR) is 128 cm³/mol. The molecular weight excluding hydrogens is 422 g/mol. The Morgan fingerprint density at radius 2 is 1.84 bits per heavy atom. The van der Waals surface area contributed by atoms with E-state index in [0.717, 1.165) is 34.7 Å². The largest absolute Gasteiger partial charge is 0.494 e. The highest BCUT2D eigenvalue weighted by molar-refractivity contribution is 6.30. The Labute approximate surface area is 194 Å². The first-order chi connectivity index (χ1) is 15.3. The summed E-state index contributed by atoms with van der Waals surface area (Å²) in [6.45, 7) is 8.41. The molecule has 0 atom stereocenters. The smallest absolute Gasteiger partial charge is 0.223 e. The van der Waals surface area contributed by atoms with E-state index in [2.05, 4.69) is 43.1 Å². The third-order valence-corrected chi connectivity index (χ3v) is 6.18. The highest BCUT2D eigenvalue weighted by atomic mass is 35.5. The number of hydrogen-bond acceptors (Lipinski definition) is 3. The lowest BCUT2D eigenvalue weighted by Crippen LogP contribution is -2.36. The van der Waals surface area contributed by atoms with Gasteiger partial charge in [0.25, 0.3) is 0 Å². The van der Waals surface area contributed by atoms with Crippen LogP contribution in [0.25, 0.3) is 11.3 Å².